The summed E-state index contributed by atoms with van der Waals surface area (Å²) in [6, 6.07) is 13.7. The van der Waals surface area contributed by atoms with Crippen molar-refractivity contribution in [3.8, 4) is 0 Å². The maximum Gasteiger partial charge on any atom is 0.311 e. The van der Waals surface area contributed by atoms with E-state index in [-0.39, 0.29) is 18.4 Å². The molecule has 0 radical (unpaired) electrons. The van der Waals surface area contributed by atoms with Gasteiger partial charge in [-0.1, -0.05) is 36.4 Å². The Morgan fingerprint density at radius 2 is 1.77 bits per heavy atom. The molecule has 0 bridgehead atoms. The molecule has 1 aliphatic carbocycles. The quantitative estimate of drug-likeness (QED) is 0.688. The second-order valence-electron chi connectivity index (χ2n) is 5.96. The van der Waals surface area contributed by atoms with Crippen LogP contribution in [-0.2, 0) is 22.4 Å². The number of ether oxygens (including phenoxy) is 1. The summed E-state index contributed by atoms with van der Waals surface area (Å²) in [5.41, 5.74) is 2.88. The standard InChI is InChI=1S/C18H21NO2.ClH/c1-19(10-9-17(20)21-2)16-11-14-7-3-5-13-6-4-8-15(12-16)18(13)14;/h3-8,16H,9-12H2,1-2H3;1H. The van der Waals surface area contributed by atoms with Crippen molar-refractivity contribution >= 4 is 16.7 Å². The number of esters is 1. The van der Waals surface area contributed by atoms with Crippen molar-refractivity contribution in [3.05, 3.63) is 47.5 Å². The Balaban J connectivity index is 0.00000176. The van der Waals surface area contributed by atoms with E-state index in [0.717, 1.165) is 19.4 Å². The lowest BCUT2D eigenvalue weighted by atomic mass is 9.85. The van der Waals surface area contributed by atoms with Crippen LogP contribution in [0.1, 0.15) is 17.5 Å². The van der Waals surface area contributed by atoms with E-state index in [9.17, 15) is 4.79 Å². The number of quaternary nitrogens is 1. The number of likely N-dealkylation sites (N-methyl/N-ethyl adjacent to an activating group) is 1. The molecule has 0 amide bonds. The number of halogens is 1. The average molecular weight is 320 g/mol. The third-order valence-corrected chi connectivity index (χ3v) is 4.66. The van der Waals surface area contributed by atoms with Crippen LogP contribution in [-0.4, -0.2) is 32.7 Å². The maximum absolute atomic E-state index is 11.3. The van der Waals surface area contributed by atoms with Crippen LogP contribution in [0.2, 0.25) is 0 Å². The lowest BCUT2D eigenvalue weighted by molar-refractivity contribution is -0.905. The summed E-state index contributed by atoms with van der Waals surface area (Å²) in [6.07, 6.45) is 2.66. The van der Waals surface area contributed by atoms with Gasteiger partial charge in [-0.25, -0.2) is 0 Å². The van der Waals surface area contributed by atoms with Gasteiger partial charge in [-0.2, -0.15) is 0 Å². The second-order valence-corrected chi connectivity index (χ2v) is 5.96. The molecule has 0 fully saturated rings. The Hall–Kier alpha value is -1.58. The lowest BCUT2D eigenvalue weighted by Crippen LogP contribution is -3.13. The molecule has 118 valence electrons. The first-order valence-corrected chi connectivity index (χ1v) is 7.57. The minimum Gasteiger partial charge on any atom is -1.00 e. The molecule has 1 atom stereocenters. The van der Waals surface area contributed by atoms with Gasteiger partial charge in [0.05, 0.1) is 33.2 Å². The molecule has 0 saturated heterocycles. The van der Waals surface area contributed by atoms with Crippen molar-refractivity contribution in [2.75, 3.05) is 20.7 Å². The summed E-state index contributed by atoms with van der Waals surface area (Å²) in [4.78, 5) is 12.7. The summed E-state index contributed by atoms with van der Waals surface area (Å²) in [7, 11) is 3.64. The van der Waals surface area contributed by atoms with E-state index in [1.54, 1.807) is 0 Å². The SMILES string of the molecule is COC(=O)CC[NH+](C)C1Cc2cccc3cccc(c23)C1.[Cl-]. The van der Waals surface area contributed by atoms with E-state index in [2.05, 4.69) is 43.4 Å². The minimum atomic E-state index is -0.118. The fourth-order valence-electron chi connectivity index (χ4n) is 3.40. The molecule has 1 N–H and O–H groups in total. The number of benzene rings is 2. The van der Waals surface area contributed by atoms with Crippen LogP contribution in [0.5, 0.6) is 0 Å². The van der Waals surface area contributed by atoms with Crippen LogP contribution < -0.4 is 17.3 Å². The van der Waals surface area contributed by atoms with Gasteiger partial charge in [0, 0.05) is 12.8 Å². The van der Waals surface area contributed by atoms with Gasteiger partial charge in [0.15, 0.2) is 0 Å². The smallest absolute Gasteiger partial charge is 0.311 e. The molecule has 2 aromatic carbocycles. The van der Waals surface area contributed by atoms with Crippen LogP contribution in [0.3, 0.4) is 0 Å². The lowest BCUT2D eigenvalue weighted by Gasteiger charge is -2.30. The first kappa shape index (κ1) is 16.8. The Morgan fingerprint density at radius 1 is 1.18 bits per heavy atom. The Morgan fingerprint density at radius 3 is 2.32 bits per heavy atom. The highest BCUT2D eigenvalue weighted by atomic mass is 35.5. The molecule has 3 nitrogen and oxygen atoms in total. The van der Waals surface area contributed by atoms with Crippen LogP contribution in [0.25, 0.3) is 10.8 Å². The van der Waals surface area contributed by atoms with Gasteiger partial charge in [-0.15, -0.1) is 0 Å². The number of nitrogens with one attached hydrogen (secondary N) is 1. The zero-order valence-corrected chi connectivity index (χ0v) is 13.8. The number of hydrogen-bond acceptors (Lipinski definition) is 2. The van der Waals surface area contributed by atoms with Crippen LogP contribution in [0.4, 0.5) is 0 Å². The molecule has 0 spiro atoms. The number of carbonyl (C=O) groups excluding carboxylic acids is 1. The fraction of sp³-hybridized carbons (Fsp3) is 0.389. The number of carbonyl (C=O) groups is 1. The Kier molecular flexibility index (Phi) is 5.43. The first-order chi connectivity index (χ1) is 10.2. The molecule has 3 rings (SSSR count). The van der Waals surface area contributed by atoms with E-state index in [4.69, 9.17) is 4.74 Å². The molecule has 2 aromatic rings. The summed E-state index contributed by atoms with van der Waals surface area (Å²) < 4.78 is 4.74. The number of methoxy groups -OCH3 is 1. The predicted molar refractivity (Wildman–Crippen MR) is 83.5 cm³/mol. The van der Waals surface area contributed by atoms with E-state index < -0.39 is 0 Å². The normalized spacial score (nSPS) is 15.2. The van der Waals surface area contributed by atoms with Crippen molar-refractivity contribution in [1.82, 2.24) is 0 Å². The molecule has 0 aromatic heterocycles. The summed E-state index contributed by atoms with van der Waals surface area (Å²) >= 11 is 0. The third-order valence-electron chi connectivity index (χ3n) is 4.66. The van der Waals surface area contributed by atoms with E-state index >= 15 is 0 Å². The largest absolute Gasteiger partial charge is 1.00 e. The molecule has 0 aliphatic heterocycles. The van der Waals surface area contributed by atoms with Crippen molar-refractivity contribution in [2.45, 2.75) is 25.3 Å². The zero-order valence-electron chi connectivity index (χ0n) is 13.1. The van der Waals surface area contributed by atoms with Gasteiger partial charge >= 0.3 is 5.97 Å². The molecular formula is C18H22ClNO2. The molecular weight excluding hydrogens is 298 g/mol. The van der Waals surface area contributed by atoms with Crippen LogP contribution in [0, 0.1) is 0 Å². The van der Waals surface area contributed by atoms with Crippen LogP contribution >= 0.6 is 0 Å². The van der Waals surface area contributed by atoms with Crippen molar-refractivity contribution in [3.63, 3.8) is 0 Å². The van der Waals surface area contributed by atoms with Gasteiger partial charge in [0.25, 0.3) is 0 Å². The summed E-state index contributed by atoms with van der Waals surface area (Å²) in [5.74, 6) is -0.118. The van der Waals surface area contributed by atoms with Crippen molar-refractivity contribution in [2.24, 2.45) is 0 Å². The topological polar surface area (TPSA) is 30.7 Å². The number of hydrogen-bond donors (Lipinski definition) is 1. The highest BCUT2D eigenvalue weighted by Gasteiger charge is 2.26. The van der Waals surface area contributed by atoms with E-state index in [0.29, 0.717) is 12.5 Å². The number of rotatable bonds is 4. The average Bonchev–Trinajstić information content (AvgIpc) is 2.52. The Labute approximate surface area is 137 Å². The zero-order chi connectivity index (χ0) is 14.8. The Bertz CT molecular complexity index is 630. The summed E-state index contributed by atoms with van der Waals surface area (Å²) in [6.45, 7) is 0.829. The molecule has 1 aliphatic rings. The van der Waals surface area contributed by atoms with Gasteiger partial charge in [-0.3, -0.25) is 4.79 Å². The van der Waals surface area contributed by atoms with Crippen LogP contribution in [0.15, 0.2) is 36.4 Å². The first-order valence-electron chi connectivity index (χ1n) is 7.57. The highest BCUT2D eigenvalue weighted by molar-refractivity contribution is 5.89. The fourth-order valence-corrected chi connectivity index (χ4v) is 3.40. The predicted octanol–water partition coefficient (Wildman–Crippen LogP) is -1.61. The minimum absolute atomic E-state index is 0. The maximum atomic E-state index is 11.3. The molecule has 0 saturated carbocycles. The van der Waals surface area contributed by atoms with Gasteiger partial charge < -0.3 is 22.0 Å². The molecule has 1 unspecified atom stereocenters. The van der Waals surface area contributed by atoms with Gasteiger partial charge in [0.1, 0.15) is 0 Å². The molecule has 4 heteroatoms. The van der Waals surface area contributed by atoms with Gasteiger partial charge in [-0.05, 0) is 21.9 Å². The van der Waals surface area contributed by atoms with Crippen molar-refractivity contribution in [1.29, 1.82) is 0 Å². The van der Waals surface area contributed by atoms with Crippen molar-refractivity contribution < 1.29 is 26.8 Å². The highest BCUT2D eigenvalue weighted by Crippen LogP contribution is 2.28. The summed E-state index contributed by atoms with van der Waals surface area (Å²) in [5, 5.41) is 2.78. The second kappa shape index (κ2) is 7.12. The van der Waals surface area contributed by atoms with Gasteiger partial charge in [0.2, 0.25) is 0 Å². The monoisotopic (exact) mass is 319 g/mol. The molecule has 22 heavy (non-hydrogen) atoms. The van der Waals surface area contributed by atoms with E-state index in [1.165, 1.54) is 33.9 Å². The third kappa shape index (κ3) is 3.26. The molecule has 0 heterocycles. The van der Waals surface area contributed by atoms with E-state index in [1.807, 2.05) is 0 Å².